The summed E-state index contributed by atoms with van der Waals surface area (Å²) in [6.45, 7) is 7.50. The lowest BCUT2D eigenvalue weighted by atomic mass is 9.97. The van der Waals surface area contributed by atoms with Crippen molar-refractivity contribution in [2.75, 3.05) is 0 Å². The van der Waals surface area contributed by atoms with E-state index in [0.717, 1.165) is 0 Å². The van der Waals surface area contributed by atoms with Crippen LogP contribution in [-0.4, -0.2) is 22.5 Å². The summed E-state index contributed by atoms with van der Waals surface area (Å²) < 4.78 is 0. The average molecular weight is 213 g/mol. The smallest absolute Gasteiger partial charge is 0.188 e. The first-order valence-electron chi connectivity index (χ1n) is 5.16. The number of rotatable bonds is 6. The van der Waals surface area contributed by atoms with Crippen LogP contribution in [0, 0.1) is 11.8 Å². The molecule has 0 aromatic carbocycles. The number of oxime groups is 1. The van der Waals surface area contributed by atoms with E-state index in [1.54, 1.807) is 0 Å². The van der Waals surface area contributed by atoms with Crippen molar-refractivity contribution in [1.82, 2.24) is 0 Å². The van der Waals surface area contributed by atoms with Crippen molar-refractivity contribution in [2.24, 2.45) is 17.0 Å². The van der Waals surface area contributed by atoms with Gasteiger partial charge in [0.15, 0.2) is 17.3 Å². The molecule has 0 rings (SSSR count). The maximum absolute atomic E-state index is 11.5. The number of carbonyl (C=O) groups excluding carboxylic acids is 2. The third kappa shape index (κ3) is 5.30. The Balaban J connectivity index is 4.50. The van der Waals surface area contributed by atoms with Crippen molar-refractivity contribution in [3.05, 3.63) is 0 Å². The summed E-state index contributed by atoms with van der Waals surface area (Å²) in [5.41, 5.74) is -0.308. The highest BCUT2D eigenvalue weighted by Gasteiger charge is 2.22. The molecule has 0 bridgehead atoms. The van der Waals surface area contributed by atoms with E-state index in [-0.39, 0.29) is 42.0 Å². The molecule has 0 heterocycles. The number of hydrogen-bond donors (Lipinski definition) is 1. The van der Waals surface area contributed by atoms with E-state index in [1.807, 2.05) is 27.7 Å². The van der Waals surface area contributed by atoms with Crippen molar-refractivity contribution in [3.63, 3.8) is 0 Å². The fourth-order valence-corrected chi connectivity index (χ4v) is 1.20. The lowest BCUT2D eigenvalue weighted by molar-refractivity contribution is -0.117. The van der Waals surface area contributed by atoms with Gasteiger partial charge >= 0.3 is 0 Å². The Morgan fingerprint density at radius 1 is 1.00 bits per heavy atom. The second-order valence-corrected chi connectivity index (χ2v) is 4.49. The van der Waals surface area contributed by atoms with Gasteiger partial charge in [0.05, 0.1) is 0 Å². The molecule has 86 valence electrons. The van der Waals surface area contributed by atoms with E-state index in [0.29, 0.717) is 0 Å². The zero-order valence-electron chi connectivity index (χ0n) is 9.78. The maximum Gasteiger partial charge on any atom is 0.188 e. The van der Waals surface area contributed by atoms with Crippen LogP contribution in [0.25, 0.3) is 0 Å². The molecule has 0 spiro atoms. The molecular formula is C11H19NO3. The van der Waals surface area contributed by atoms with Crippen LogP contribution >= 0.6 is 0 Å². The van der Waals surface area contributed by atoms with E-state index >= 15 is 0 Å². The van der Waals surface area contributed by atoms with Gasteiger partial charge in [0, 0.05) is 12.8 Å². The Morgan fingerprint density at radius 3 is 1.53 bits per heavy atom. The Kier molecular flexibility index (Phi) is 5.82. The van der Waals surface area contributed by atoms with E-state index in [1.165, 1.54) is 0 Å². The lowest BCUT2D eigenvalue weighted by Crippen LogP contribution is -2.26. The van der Waals surface area contributed by atoms with Gasteiger partial charge < -0.3 is 5.21 Å². The highest BCUT2D eigenvalue weighted by atomic mass is 16.4. The minimum Gasteiger partial charge on any atom is -0.410 e. The second kappa shape index (κ2) is 6.32. The van der Waals surface area contributed by atoms with Crippen LogP contribution in [0.4, 0.5) is 0 Å². The highest BCUT2D eigenvalue weighted by Crippen LogP contribution is 2.06. The summed E-state index contributed by atoms with van der Waals surface area (Å²) in [4.78, 5) is 23.0. The fourth-order valence-electron chi connectivity index (χ4n) is 1.20. The highest BCUT2D eigenvalue weighted by molar-refractivity contribution is 6.66. The number of Topliss-reactive ketones (excluding diaryl/α,β-unsaturated/α-hetero) is 2. The van der Waals surface area contributed by atoms with Crippen LogP contribution in [0.15, 0.2) is 5.16 Å². The molecule has 0 radical (unpaired) electrons. The van der Waals surface area contributed by atoms with Crippen LogP contribution in [0.2, 0.25) is 0 Å². The van der Waals surface area contributed by atoms with Gasteiger partial charge in [-0.25, -0.2) is 0 Å². The van der Waals surface area contributed by atoms with Crippen LogP contribution in [0.3, 0.4) is 0 Å². The van der Waals surface area contributed by atoms with Gasteiger partial charge in [-0.2, -0.15) is 0 Å². The summed E-state index contributed by atoms with van der Waals surface area (Å²) in [5.74, 6) is -0.446. The van der Waals surface area contributed by atoms with E-state index in [2.05, 4.69) is 5.16 Å². The maximum atomic E-state index is 11.5. The van der Waals surface area contributed by atoms with Crippen molar-refractivity contribution >= 4 is 17.3 Å². The summed E-state index contributed by atoms with van der Waals surface area (Å²) in [6.07, 6.45) is 0.479. The van der Waals surface area contributed by atoms with Gasteiger partial charge in [-0.05, 0) is 11.8 Å². The largest absolute Gasteiger partial charge is 0.410 e. The first-order valence-corrected chi connectivity index (χ1v) is 5.16. The van der Waals surface area contributed by atoms with Crippen LogP contribution in [0.5, 0.6) is 0 Å². The molecule has 0 aliphatic heterocycles. The molecular weight excluding hydrogens is 194 g/mol. The molecule has 0 amide bonds. The lowest BCUT2D eigenvalue weighted by Gasteiger charge is -2.06. The van der Waals surface area contributed by atoms with Gasteiger partial charge in [-0.3, -0.25) is 9.59 Å². The number of ketones is 2. The predicted octanol–water partition coefficient (Wildman–Crippen LogP) is 2.05. The summed E-state index contributed by atoms with van der Waals surface area (Å²) in [7, 11) is 0. The van der Waals surface area contributed by atoms with Gasteiger partial charge in [0.25, 0.3) is 0 Å². The van der Waals surface area contributed by atoms with Crippen molar-refractivity contribution in [2.45, 2.75) is 40.5 Å². The average Bonchev–Trinajstić information content (AvgIpc) is 2.01. The Bertz CT molecular complexity index is 243. The van der Waals surface area contributed by atoms with Gasteiger partial charge in [0.2, 0.25) is 0 Å². The molecule has 0 saturated carbocycles. The van der Waals surface area contributed by atoms with Crippen molar-refractivity contribution < 1.29 is 14.8 Å². The molecule has 4 heteroatoms. The molecule has 0 saturated heterocycles. The first kappa shape index (κ1) is 13.8. The molecule has 1 N–H and O–H groups in total. The zero-order chi connectivity index (χ0) is 12.0. The number of nitrogens with zero attached hydrogens (tertiary/aromatic N) is 1. The summed E-state index contributed by atoms with van der Waals surface area (Å²) in [5, 5.41) is 11.5. The van der Waals surface area contributed by atoms with Crippen LogP contribution < -0.4 is 0 Å². The monoisotopic (exact) mass is 213 g/mol. The molecule has 0 fully saturated rings. The van der Waals surface area contributed by atoms with E-state index in [9.17, 15) is 9.59 Å². The minimum atomic E-state index is -0.377. The van der Waals surface area contributed by atoms with Crippen molar-refractivity contribution in [3.8, 4) is 0 Å². The van der Waals surface area contributed by atoms with Gasteiger partial charge in [-0.1, -0.05) is 32.9 Å². The molecule has 15 heavy (non-hydrogen) atoms. The van der Waals surface area contributed by atoms with E-state index < -0.39 is 0 Å². The summed E-state index contributed by atoms with van der Waals surface area (Å²) >= 11 is 0. The van der Waals surface area contributed by atoms with E-state index in [4.69, 9.17) is 5.21 Å². The molecule has 0 unspecified atom stereocenters. The summed E-state index contributed by atoms with van der Waals surface area (Å²) in [6, 6.07) is 0. The molecule has 0 aromatic rings. The van der Waals surface area contributed by atoms with Crippen molar-refractivity contribution in [1.29, 1.82) is 0 Å². The fraction of sp³-hybridized carbons (Fsp3) is 0.727. The molecule has 0 atom stereocenters. The second-order valence-electron chi connectivity index (χ2n) is 4.49. The zero-order valence-corrected chi connectivity index (χ0v) is 9.78. The number of carbonyl (C=O) groups is 2. The molecule has 4 nitrogen and oxygen atoms in total. The first-order chi connectivity index (χ1) is 6.88. The normalized spacial score (nSPS) is 10.5. The minimum absolute atomic E-state index is 0.154. The number of hydrogen-bond acceptors (Lipinski definition) is 4. The third-order valence-electron chi connectivity index (χ3n) is 1.82. The van der Waals surface area contributed by atoms with Gasteiger partial charge in [0.1, 0.15) is 0 Å². The Labute approximate surface area is 90.4 Å². The third-order valence-corrected chi connectivity index (χ3v) is 1.82. The quantitative estimate of drug-likeness (QED) is 0.318. The van der Waals surface area contributed by atoms with Crippen LogP contribution in [-0.2, 0) is 9.59 Å². The molecule has 0 aromatic heterocycles. The van der Waals surface area contributed by atoms with Crippen LogP contribution in [0.1, 0.15) is 40.5 Å². The molecule has 0 aliphatic rings. The Hall–Kier alpha value is -1.19. The topological polar surface area (TPSA) is 66.7 Å². The predicted molar refractivity (Wildman–Crippen MR) is 58.1 cm³/mol. The standard InChI is InChI=1S/C11H19NO3/c1-7(2)5-9(13)11(12-15)10(14)6-8(3)4/h7-8,15H,5-6H2,1-4H3. The molecule has 0 aliphatic carbocycles. The van der Waals surface area contributed by atoms with Gasteiger partial charge in [-0.15, -0.1) is 0 Å². The Morgan fingerprint density at radius 2 is 1.33 bits per heavy atom. The SMILES string of the molecule is CC(C)CC(=O)C(=NO)C(=O)CC(C)C.